The van der Waals surface area contributed by atoms with E-state index in [1.165, 1.54) is 19.4 Å². The first-order chi connectivity index (χ1) is 13.7. The molecular weight excluding hydrogens is 389 g/mol. The minimum Gasteiger partial charge on any atom is -0.475 e. The number of aliphatic carboxylic acids is 1. The Hall–Kier alpha value is -2.13. The van der Waals surface area contributed by atoms with E-state index >= 15 is 0 Å². The summed E-state index contributed by atoms with van der Waals surface area (Å²) in [6, 6.07) is 9.99. The zero-order valence-electron chi connectivity index (χ0n) is 16.0. The number of hydrogen-bond acceptors (Lipinski definition) is 4. The molecule has 2 heterocycles. The van der Waals surface area contributed by atoms with Crippen molar-refractivity contribution < 1.29 is 32.6 Å². The molecule has 1 N–H and O–H groups in total. The average Bonchev–Trinajstić information content (AvgIpc) is 3.50. The number of amides is 1. The number of benzene rings is 1. The zero-order chi connectivity index (χ0) is 21.1. The Kier molecular flexibility index (Phi) is 6.48. The summed E-state index contributed by atoms with van der Waals surface area (Å²) >= 11 is 0. The number of alkyl halides is 3. The van der Waals surface area contributed by atoms with Crippen LogP contribution in [0.3, 0.4) is 0 Å². The highest BCUT2D eigenvalue weighted by Gasteiger charge is 2.43. The average molecular weight is 414 g/mol. The lowest BCUT2D eigenvalue weighted by Crippen LogP contribution is -2.59. The van der Waals surface area contributed by atoms with Crippen molar-refractivity contribution in [3.63, 3.8) is 0 Å². The number of rotatable bonds is 3. The SMILES string of the molecule is O=C(O)C(F)(F)F.O=C1COC2(CCN(CC3CC3)CC2)CN1c1ccccc1. The molecule has 2 saturated heterocycles. The van der Waals surface area contributed by atoms with Crippen molar-refractivity contribution in [2.24, 2.45) is 5.92 Å². The van der Waals surface area contributed by atoms with Crippen molar-refractivity contribution >= 4 is 17.6 Å². The first-order valence-corrected chi connectivity index (χ1v) is 9.70. The van der Waals surface area contributed by atoms with Crippen LogP contribution in [0.25, 0.3) is 0 Å². The molecule has 0 aromatic heterocycles. The fraction of sp³-hybridized carbons (Fsp3) is 0.600. The van der Waals surface area contributed by atoms with Crippen molar-refractivity contribution in [1.82, 2.24) is 4.90 Å². The zero-order valence-corrected chi connectivity index (χ0v) is 16.0. The third-order valence-corrected chi connectivity index (χ3v) is 5.54. The summed E-state index contributed by atoms with van der Waals surface area (Å²) in [4.78, 5) is 25.6. The van der Waals surface area contributed by atoms with Gasteiger partial charge in [-0.3, -0.25) is 4.79 Å². The van der Waals surface area contributed by atoms with Gasteiger partial charge in [0.15, 0.2) is 0 Å². The van der Waals surface area contributed by atoms with Gasteiger partial charge in [0.05, 0.1) is 12.1 Å². The van der Waals surface area contributed by atoms with Gasteiger partial charge < -0.3 is 19.6 Å². The molecule has 29 heavy (non-hydrogen) atoms. The van der Waals surface area contributed by atoms with Crippen LogP contribution in [-0.4, -0.2) is 66.4 Å². The van der Waals surface area contributed by atoms with E-state index in [1.807, 2.05) is 35.2 Å². The maximum atomic E-state index is 12.2. The molecule has 0 radical (unpaired) electrons. The lowest BCUT2D eigenvalue weighted by molar-refractivity contribution is -0.192. The number of hydrogen-bond donors (Lipinski definition) is 1. The van der Waals surface area contributed by atoms with Crippen LogP contribution in [0.2, 0.25) is 0 Å². The van der Waals surface area contributed by atoms with Crippen LogP contribution in [0.5, 0.6) is 0 Å². The van der Waals surface area contributed by atoms with Crippen LogP contribution in [0.4, 0.5) is 18.9 Å². The largest absolute Gasteiger partial charge is 0.490 e. The smallest absolute Gasteiger partial charge is 0.475 e. The van der Waals surface area contributed by atoms with Crippen LogP contribution in [-0.2, 0) is 14.3 Å². The molecule has 160 valence electrons. The number of halogens is 3. The lowest BCUT2D eigenvalue weighted by Gasteiger charge is -2.47. The Balaban J connectivity index is 0.000000298. The van der Waals surface area contributed by atoms with E-state index in [4.69, 9.17) is 14.6 Å². The number of carbonyl (C=O) groups excluding carboxylic acids is 1. The van der Waals surface area contributed by atoms with E-state index in [0.29, 0.717) is 6.54 Å². The first-order valence-electron chi connectivity index (χ1n) is 9.70. The van der Waals surface area contributed by atoms with Gasteiger partial charge in [0.25, 0.3) is 5.91 Å². The highest BCUT2D eigenvalue weighted by atomic mass is 19.4. The maximum absolute atomic E-state index is 12.2. The molecule has 3 aliphatic rings. The molecule has 0 unspecified atom stereocenters. The van der Waals surface area contributed by atoms with E-state index in [9.17, 15) is 18.0 Å². The summed E-state index contributed by atoms with van der Waals surface area (Å²) in [5.41, 5.74) is 0.861. The first kappa shape index (κ1) is 21.6. The van der Waals surface area contributed by atoms with E-state index < -0.39 is 12.1 Å². The molecule has 6 nitrogen and oxygen atoms in total. The van der Waals surface area contributed by atoms with E-state index in [1.54, 1.807) is 0 Å². The van der Waals surface area contributed by atoms with E-state index in [-0.39, 0.29) is 18.1 Å². The third kappa shape index (κ3) is 5.93. The number of piperidine rings is 1. The third-order valence-electron chi connectivity index (χ3n) is 5.54. The van der Waals surface area contributed by atoms with Gasteiger partial charge in [-0.15, -0.1) is 0 Å². The molecule has 1 saturated carbocycles. The second-order valence-electron chi connectivity index (χ2n) is 7.83. The second kappa shape index (κ2) is 8.71. The van der Waals surface area contributed by atoms with Gasteiger partial charge in [-0.1, -0.05) is 18.2 Å². The summed E-state index contributed by atoms with van der Waals surface area (Å²) in [5.74, 6) is -1.73. The molecule has 3 fully saturated rings. The number of ether oxygens (including phenoxy) is 1. The summed E-state index contributed by atoms with van der Waals surface area (Å²) in [6.45, 7) is 4.39. The van der Waals surface area contributed by atoms with Crippen molar-refractivity contribution in [2.45, 2.75) is 37.5 Å². The topological polar surface area (TPSA) is 70.1 Å². The summed E-state index contributed by atoms with van der Waals surface area (Å²) in [6.07, 6.45) is -0.185. The maximum Gasteiger partial charge on any atom is 0.490 e. The number of anilines is 1. The minimum absolute atomic E-state index is 0.0808. The summed E-state index contributed by atoms with van der Waals surface area (Å²) in [7, 11) is 0. The number of carbonyl (C=O) groups is 2. The van der Waals surface area contributed by atoms with Crippen LogP contribution < -0.4 is 4.90 Å². The van der Waals surface area contributed by atoms with Crippen molar-refractivity contribution in [2.75, 3.05) is 37.7 Å². The fourth-order valence-electron chi connectivity index (χ4n) is 3.67. The normalized spacial score (nSPS) is 22.2. The number of nitrogens with zero attached hydrogens (tertiary/aromatic N) is 2. The van der Waals surface area contributed by atoms with Crippen molar-refractivity contribution in [3.8, 4) is 0 Å². The predicted molar refractivity (Wildman–Crippen MR) is 99.6 cm³/mol. The Morgan fingerprint density at radius 3 is 2.28 bits per heavy atom. The van der Waals surface area contributed by atoms with Crippen molar-refractivity contribution in [3.05, 3.63) is 30.3 Å². The second-order valence-corrected chi connectivity index (χ2v) is 7.83. The monoisotopic (exact) mass is 414 g/mol. The predicted octanol–water partition coefficient (Wildman–Crippen LogP) is 2.93. The molecule has 1 aromatic rings. The van der Waals surface area contributed by atoms with Gasteiger partial charge in [0, 0.05) is 25.3 Å². The Morgan fingerprint density at radius 1 is 1.17 bits per heavy atom. The molecule has 2 aliphatic heterocycles. The molecule has 1 aliphatic carbocycles. The highest BCUT2D eigenvalue weighted by Crippen LogP contribution is 2.35. The Morgan fingerprint density at radius 2 is 1.76 bits per heavy atom. The van der Waals surface area contributed by atoms with Gasteiger partial charge in [-0.2, -0.15) is 13.2 Å². The lowest BCUT2D eigenvalue weighted by atomic mass is 9.89. The quantitative estimate of drug-likeness (QED) is 0.824. The van der Waals surface area contributed by atoms with Crippen LogP contribution in [0.15, 0.2) is 30.3 Å². The number of carboxylic acids is 1. The molecule has 1 aromatic carbocycles. The number of morpholine rings is 1. The van der Waals surface area contributed by atoms with Crippen LogP contribution in [0, 0.1) is 5.92 Å². The molecule has 9 heteroatoms. The highest BCUT2D eigenvalue weighted by molar-refractivity contribution is 5.95. The van der Waals surface area contributed by atoms with Crippen LogP contribution >= 0.6 is 0 Å². The number of carboxylic acid groups (broad SMARTS) is 1. The molecule has 4 rings (SSSR count). The van der Waals surface area contributed by atoms with Gasteiger partial charge in [-0.25, -0.2) is 4.79 Å². The molecule has 1 spiro atoms. The van der Waals surface area contributed by atoms with Gasteiger partial charge in [0.2, 0.25) is 0 Å². The number of para-hydroxylation sites is 1. The van der Waals surface area contributed by atoms with Gasteiger partial charge >= 0.3 is 12.1 Å². The van der Waals surface area contributed by atoms with Crippen LogP contribution in [0.1, 0.15) is 25.7 Å². The Bertz CT molecular complexity index is 714. The molecular formula is C20H25F3N2O4. The van der Waals surface area contributed by atoms with E-state index in [2.05, 4.69) is 4.90 Å². The van der Waals surface area contributed by atoms with Gasteiger partial charge in [0.1, 0.15) is 6.61 Å². The molecule has 0 bridgehead atoms. The van der Waals surface area contributed by atoms with Gasteiger partial charge in [-0.05, 0) is 43.7 Å². The van der Waals surface area contributed by atoms with E-state index in [0.717, 1.165) is 37.5 Å². The summed E-state index contributed by atoms with van der Waals surface area (Å²) < 4.78 is 37.8. The standard InChI is InChI=1S/C18H24N2O2.C2HF3O2/c21-17-13-22-18(14-20(17)16-4-2-1-3-5-16)8-10-19(11-9-18)12-15-6-7-15;3-2(4,5)1(6)7/h1-5,15H,6-14H2;(H,6,7). The molecule has 1 amide bonds. The Labute approximate surface area is 167 Å². The summed E-state index contributed by atoms with van der Waals surface area (Å²) in [5, 5.41) is 7.12. The fourth-order valence-corrected chi connectivity index (χ4v) is 3.67. The minimum atomic E-state index is -5.08. The number of likely N-dealkylation sites (tertiary alicyclic amines) is 1. The molecule has 0 atom stereocenters. The van der Waals surface area contributed by atoms with Crippen molar-refractivity contribution in [1.29, 1.82) is 0 Å².